The SMILES string of the molecule is CC[C@@H](C(=O)Nc1ccccc1OC)n1nc(-c2ccc(C)c(C)c2)ccc1=O. The minimum absolute atomic E-state index is 0.316. The lowest BCUT2D eigenvalue weighted by molar-refractivity contribution is -0.119. The van der Waals surface area contributed by atoms with Crippen LogP contribution < -0.4 is 15.6 Å². The van der Waals surface area contributed by atoms with Crippen LogP contribution in [0.4, 0.5) is 5.69 Å². The van der Waals surface area contributed by atoms with Crippen LogP contribution in [0, 0.1) is 13.8 Å². The van der Waals surface area contributed by atoms with Crippen molar-refractivity contribution in [1.82, 2.24) is 9.78 Å². The zero-order chi connectivity index (χ0) is 21.0. The molecule has 0 unspecified atom stereocenters. The van der Waals surface area contributed by atoms with Gasteiger partial charge in [0.05, 0.1) is 18.5 Å². The van der Waals surface area contributed by atoms with Gasteiger partial charge in [0, 0.05) is 11.6 Å². The molecule has 0 aliphatic rings. The Labute approximate surface area is 170 Å². The van der Waals surface area contributed by atoms with Gasteiger partial charge in [-0.1, -0.05) is 31.2 Å². The van der Waals surface area contributed by atoms with Gasteiger partial charge in [0.2, 0.25) is 5.91 Å². The molecule has 3 rings (SSSR count). The summed E-state index contributed by atoms with van der Waals surface area (Å²) >= 11 is 0. The summed E-state index contributed by atoms with van der Waals surface area (Å²) in [6, 6.07) is 15.6. The second kappa shape index (κ2) is 8.73. The second-order valence-electron chi connectivity index (χ2n) is 6.91. The zero-order valence-electron chi connectivity index (χ0n) is 17.1. The molecule has 1 aromatic heterocycles. The molecule has 0 aliphatic carbocycles. The number of aryl methyl sites for hydroxylation is 2. The van der Waals surface area contributed by atoms with Crippen LogP contribution in [0.1, 0.15) is 30.5 Å². The third-order valence-corrected chi connectivity index (χ3v) is 4.98. The van der Waals surface area contributed by atoms with Gasteiger partial charge in [0.15, 0.2) is 0 Å². The number of hydrogen-bond donors (Lipinski definition) is 1. The molecule has 0 saturated carbocycles. The van der Waals surface area contributed by atoms with E-state index in [9.17, 15) is 9.59 Å². The van der Waals surface area contributed by atoms with Gasteiger partial charge in [-0.25, -0.2) is 4.68 Å². The Kier molecular flexibility index (Phi) is 6.12. The number of hydrogen-bond acceptors (Lipinski definition) is 4. The molecular formula is C23H25N3O3. The highest BCUT2D eigenvalue weighted by molar-refractivity contribution is 5.95. The predicted molar refractivity (Wildman–Crippen MR) is 114 cm³/mol. The van der Waals surface area contributed by atoms with Crippen molar-refractivity contribution in [3.63, 3.8) is 0 Å². The zero-order valence-corrected chi connectivity index (χ0v) is 17.1. The van der Waals surface area contributed by atoms with Crippen LogP contribution >= 0.6 is 0 Å². The molecule has 1 amide bonds. The molecule has 6 heteroatoms. The highest BCUT2D eigenvalue weighted by atomic mass is 16.5. The molecule has 0 fully saturated rings. The van der Waals surface area contributed by atoms with Crippen molar-refractivity contribution in [3.05, 3.63) is 76.1 Å². The van der Waals surface area contributed by atoms with E-state index in [-0.39, 0.29) is 11.5 Å². The fourth-order valence-corrected chi connectivity index (χ4v) is 3.14. The van der Waals surface area contributed by atoms with E-state index in [2.05, 4.69) is 10.4 Å². The Hall–Kier alpha value is -3.41. The molecule has 0 radical (unpaired) electrons. The fourth-order valence-electron chi connectivity index (χ4n) is 3.14. The number of carbonyl (C=O) groups excluding carboxylic acids is 1. The highest BCUT2D eigenvalue weighted by Crippen LogP contribution is 2.25. The van der Waals surface area contributed by atoms with E-state index in [4.69, 9.17) is 4.74 Å². The minimum atomic E-state index is -0.737. The molecule has 3 aromatic rings. The summed E-state index contributed by atoms with van der Waals surface area (Å²) in [5, 5.41) is 7.35. The Morgan fingerprint density at radius 3 is 2.55 bits per heavy atom. The number of rotatable bonds is 6. The smallest absolute Gasteiger partial charge is 0.267 e. The number of benzene rings is 2. The molecule has 6 nitrogen and oxygen atoms in total. The Morgan fingerprint density at radius 2 is 1.86 bits per heavy atom. The van der Waals surface area contributed by atoms with Crippen molar-refractivity contribution in [1.29, 1.82) is 0 Å². The predicted octanol–water partition coefficient (Wildman–Crippen LogP) is 4.13. The van der Waals surface area contributed by atoms with E-state index in [0.717, 1.165) is 11.1 Å². The Morgan fingerprint density at radius 1 is 1.10 bits per heavy atom. The van der Waals surface area contributed by atoms with E-state index in [1.54, 1.807) is 25.3 Å². The highest BCUT2D eigenvalue weighted by Gasteiger charge is 2.22. The van der Waals surface area contributed by atoms with Crippen LogP contribution in [-0.2, 0) is 4.79 Å². The van der Waals surface area contributed by atoms with Gasteiger partial charge in [-0.15, -0.1) is 0 Å². The number of amides is 1. The molecule has 0 spiro atoms. The molecule has 1 heterocycles. The van der Waals surface area contributed by atoms with E-state index in [1.807, 2.05) is 51.1 Å². The summed E-state index contributed by atoms with van der Waals surface area (Å²) in [6.07, 6.45) is 0.421. The lowest BCUT2D eigenvalue weighted by Gasteiger charge is -2.18. The van der Waals surface area contributed by atoms with E-state index in [1.165, 1.54) is 16.3 Å². The fraction of sp³-hybridized carbons (Fsp3) is 0.261. The second-order valence-corrected chi connectivity index (χ2v) is 6.91. The van der Waals surface area contributed by atoms with Gasteiger partial charge in [-0.3, -0.25) is 9.59 Å². The number of aromatic nitrogens is 2. The minimum Gasteiger partial charge on any atom is -0.495 e. The summed E-state index contributed by atoms with van der Waals surface area (Å²) in [6.45, 7) is 5.93. The maximum Gasteiger partial charge on any atom is 0.267 e. The van der Waals surface area contributed by atoms with Crippen LogP contribution in [0.25, 0.3) is 11.3 Å². The van der Waals surface area contributed by atoms with Crippen molar-refractivity contribution in [2.75, 3.05) is 12.4 Å². The van der Waals surface area contributed by atoms with Crippen molar-refractivity contribution in [2.45, 2.75) is 33.2 Å². The Balaban J connectivity index is 1.95. The quantitative estimate of drug-likeness (QED) is 0.686. The number of carbonyl (C=O) groups is 1. The lowest BCUT2D eigenvalue weighted by Crippen LogP contribution is -2.34. The first-order valence-electron chi connectivity index (χ1n) is 9.56. The largest absolute Gasteiger partial charge is 0.495 e. The van der Waals surface area contributed by atoms with Crippen LogP contribution in [-0.4, -0.2) is 22.8 Å². The van der Waals surface area contributed by atoms with Crippen LogP contribution in [0.5, 0.6) is 5.75 Å². The molecule has 29 heavy (non-hydrogen) atoms. The molecule has 1 N–H and O–H groups in total. The summed E-state index contributed by atoms with van der Waals surface area (Å²) in [5.74, 6) is 0.240. The van der Waals surface area contributed by atoms with Crippen molar-refractivity contribution in [3.8, 4) is 17.0 Å². The maximum atomic E-state index is 12.9. The van der Waals surface area contributed by atoms with E-state index >= 15 is 0 Å². The molecule has 150 valence electrons. The van der Waals surface area contributed by atoms with Crippen LogP contribution in [0.15, 0.2) is 59.4 Å². The summed E-state index contributed by atoms with van der Waals surface area (Å²) in [7, 11) is 1.54. The first kappa shape index (κ1) is 20.3. The average Bonchev–Trinajstić information content (AvgIpc) is 2.72. The molecule has 2 aromatic carbocycles. The van der Waals surface area contributed by atoms with Crippen LogP contribution in [0.3, 0.4) is 0 Å². The van der Waals surface area contributed by atoms with E-state index in [0.29, 0.717) is 23.6 Å². The molecule has 0 bridgehead atoms. The normalized spacial score (nSPS) is 11.7. The number of ether oxygens (including phenoxy) is 1. The van der Waals surface area contributed by atoms with Crippen molar-refractivity contribution in [2.24, 2.45) is 0 Å². The lowest BCUT2D eigenvalue weighted by atomic mass is 10.0. The van der Waals surface area contributed by atoms with Gasteiger partial charge in [-0.2, -0.15) is 5.10 Å². The maximum absolute atomic E-state index is 12.9. The number of para-hydroxylation sites is 2. The van der Waals surface area contributed by atoms with Gasteiger partial charge < -0.3 is 10.1 Å². The van der Waals surface area contributed by atoms with Gasteiger partial charge in [0.1, 0.15) is 11.8 Å². The third-order valence-electron chi connectivity index (χ3n) is 4.98. The topological polar surface area (TPSA) is 73.2 Å². The summed E-state index contributed by atoms with van der Waals surface area (Å²) in [5.41, 5.74) is 4.11. The molecule has 1 atom stereocenters. The monoisotopic (exact) mass is 391 g/mol. The average molecular weight is 391 g/mol. The first-order valence-corrected chi connectivity index (χ1v) is 9.56. The van der Waals surface area contributed by atoms with Crippen LogP contribution in [0.2, 0.25) is 0 Å². The molecule has 0 aliphatic heterocycles. The summed E-state index contributed by atoms with van der Waals surface area (Å²) < 4.78 is 6.55. The van der Waals surface area contributed by atoms with Gasteiger partial charge in [0.25, 0.3) is 5.56 Å². The third kappa shape index (κ3) is 4.37. The number of anilines is 1. The first-order chi connectivity index (χ1) is 13.9. The van der Waals surface area contributed by atoms with Crippen molar-refractivity contribution < 1.29 is 9.53 Å². The summed E-state index contributed by atoms with van der Waals surface area (Å²) in [4.78, 5) is 25.4. The molecule has 0 saturated heterocycles. The standard InChI is InChI=1S/C23H25N3O3/c1-5-20(23(28)24-19-8-6-7-9-21(19)29-4)26-22(27)13-12-18(25-26)17-11-10-15(2)16(3)14-17/h6-14,20H,5H2,1-4H3,(H,24,28)/t20-/m0/s1. The van der Waals surface area contributed by atoms with Crippen molar-refractivity contribution >= 4 is 11.6 Å². The molecular weight excluding hydrogens is 366 g/mol. The van der Waals surface area contributed by atoms with E-state index < -0.39 is 6.04 Å². The number of nitrogens with zero attached hydrogens (tertiary/aromatic N) is 2. The number of nitrogens with one attached hydrogen (secondary N) is 1. The Bertz CT molecular complexity index is 1090. The number of methoxy groups -OCH3 is 1. The van der Waals surface area contributed by atoms with Gasteiger partial charge >= 0.3 is 0 Å². The van der Waals surface area contributed by atoms with Gasteiger partial charge in [-0.05, 0) is 55.7 Å².